The molecule has 3 atom stereocenters. The SMILES string of the molecule is CCCCCCCCC/C=C/CC/C=C/[C@@H](O)[C@H](COP(=O)(O)OCC[N+](C)(C)C)NC(=O)CCCCCCCCCCCCC. The highest BCUT2D eigenvalue weighted by Gasteiger charge is 2.27. The number of phosphoric ester groups is 1. The van der Waals surface area contributed by atoms with Gasteiger partial charge in [-0.1, -0.05) is 141 Å². The maximum Gasteiger partial charge on any atom is 0.472 e. The zero-order valence-electron chi connectivity index (χ0n) is 30.6. The van der Waals surface area contributed by atoms with Crippen LogP contribution in [0.3, 0.4) is 0 Å². The van der Waals surface area contributed by atoms with E-state index in [-0.39, 0.29) is 19.1 Å². The van der Waals surface area contributed by atoms with Crippen LogP contribution in [0.15, 0.2) is 24.3 Å². The first-order valence-corrected chi connectivity index (χ1v) is 20.2. The number of unbranched alkanes of at least 4 members (excludes halogenated alkanes) is 18. The summed E-state index contributed by atoms with van der Waals surface area (Å²) in [7, 11) is 1.55. The molecule has 0 aromatic rings. The second kappa shape index (κ2) is 30.1. The predicted molar refractivity (Wildman–Crippen MR) is 194 cm³/mol. The number of quaternary nitrogens is 1. The highest BCUT2D eigenvalue weighted by atomic mass is 31.2. The van der Waals surface area contributed by atoms with Gasteiger partial charge in [0.15, 0.2) is 0 Å². The third-order valence-electron chi connectivity index (χ3n) is 8.17. The van der Waals surface area contributed by atoms with E-state index < -0.39 is 20.0 Å². The molecule has 0 fully saturated rings. The van der Waals surface area contributed by atoms with Gasteiger partial charge in [-0.3, -0.25) is 13.8 Å². The van der Waals surface area contributed by atoms with Crippen LogP contribution in [0.1, 0.15) is 155 Å². The van der Waals surface area contributed by atoms with E-state index in [9.17, 15) is 19.4 Å². The molecule has 0 radical (unpaired) electrons. The fourth-order valence-corrected chi connectivity index (χ4v) is 5.85. The molecule has 0 bridgehead atoms. The lowest BCUT2D eigenvalue weighted by Gasteiger charge is -2.25. The molecule has 0 spiro atoms. The van der Waals surface area contributed by atoms with Crippen molar-refractivity contribution in [1.29, 1.82) is 0 Å². The van der Waals surface area contributed by atoms with E-state index in [4.69, 9.17) is 9.05 Å². The van der Waals surface area contributed by atoms with Gasteiger partial charge in [0, 0.05) is 6.42 Å². The summed E-state index contributed by atoms with van der Waals surface area (Å²) in [4.78, 5) is 22.9. The lowest BCUT2D eigenvalue weighted by atomic mass is 10.0. The van der Waals surface area contributed by atoms with Gasteiger partial charge in [0.2, 0.25) is 5.91 Å². The first-order valence-electron chi connectivity index (χ1n) is 18.7. The van der Waals surface area contributed by atoms with Crippen molar-refractivity contribution in [1.82, 2.24) is 5.32 Å². The van der Waals surface area contributed by atoms with Gasteiger partial charge >= 0.3 is 7.82 Å². The number of aliphatic hydroxyl groups excluding tert-OH is 1. The van der Waals surface area contributed by atoms with Crippen LogP contribution in [0, 0.1) is 0 Å². The Kier molecular flexibility index (Phi) is 29.4. The Morgan fingerprint density at radius 2 is 1.20 bits per heavy atom. The van der Waals surface area contributed by atoms with E-state index in [1.165, 1.54) is 96.3 Å². The summed E-state index contributed by atoms with van der Waals surface area (Å²) in [6.45, 7) is 4.75. The molecule has 1 unspecified atom stereocenters. The summed E-state index contributed by atoms with van der Waals surface area (Å²) in [6.07, 6.45) is 32.4. The Bertz CT molecular complexity index is 814. The van der Waals surface area contributed by atoms with E-state index in [0.717, 1.165) is 38.5 Å². The third kappa shape index (κ3) is 31.6. The minimum atomic E-state index is -4.33. The summed E-state index contributed by atoms with van der Waals surface area (Å²) in [6, 6.07) is -0.855. The summed E-state index contributed by atoms with van der Waals surface area (Å²) in [5.41, 5.74) is 0. The number of carbonyl (C=O) groups is 1. The number of carbonyl (C=O) groups excluding carboxylic acids is 1. The summed E-state index contributed by atoms with van der Waals surface area (Å²) in [5.74, 6) is -0.191. The van der Waals surface area contributed by atoms with Crippen molar-refractivity contribution in [2.24, 2.45) is 0 Å². The number of hydrogen-bond donors (Lipinski definition) is 3. The zero-order valence-corrected chi connectivity index (χ0v) is 31.5. The number of aliphatic hydroxyl groups is 1. The van der Waals surface area contributed by atoms with E-state index in [2.05, 4.69) is 31.3 Å². The number of amides is 1. The van der Waals surface area contributed by atoms with Crippen molar-refractivity contribution in [3.05, 3.63) is 24.3 Å². The Morgan fingerprint density at radius 3 is 1.74 bits per heavy atom. The minimum Gasteiger partial charge on any atom is -0.387 e. The van der Waals surface area contributed by atoms with Crippen LogP contribution in [0.5, 0.6) is 0 Å². The second-order valence-corrected chi connectivity index (χ2v) is 15.4. The van der Waals surface area contributed by atoms with Gasteiger partial charge in [0.05, 0.1) is 39.9 Å². The van der Waals surface area contributed by atoms with Crippen LogP contribution >= 0.6 is 7.82 Å². The average molecular weight is 674 g/mol. The number of nitrogens with zero attached hydrogens (tertiary/aromatic N) is 1. The molecule has 0 aliphatic carbocycles. The Hall–Kier alpha value is -1.02. The molecular weight excluding hydrogens is 599 g/mol. The molecule has 9 heteroatoms. The van der Waals surface area contributed by atoms with Crippen LogP contribution in [0.25, 0.3) is 0 Å². The number of rotatable bonds is 33. The average Bonchev–Trinajstić information content (AvgIpc) is 2.99. The molecule has 0 aliphatic rings. The molecule has 8 nitrogen and oxygen atoms in total. The minimum absolute atomic E-state index is 0.0576. The molecule has 46 heavy (non-hydrogen) atoms. The van der Waals surface area contributed by atoms with Gasteiger partial charge in [0.25, 0.3) is 0 Å². The van der Waals surface area contributed by atoms with Crippen LogP contribution < -0.4 is 5.32 Å². The van der Waals surface area contributed by atoms with Gasteiger partial charge in [-0.15, -0.1) is 0 Å². The summed E-state index contributed by atoms with van der Waals surface area (Å²) in [5, 5.41) is 13.7. The van der Waals surface area contributed by atoms with Crippen molar-refractivity contribution in [2.45, 2.75) is 167 Å². The molecular formula is C37H74N2O6P+. The largest absolute Gasteiger partial charge is 0.472 e. The molecule has 0 aromatic carbocycles. The van der Waals surface area contributed by atoms with Gasteiger partial charge in [-0.05, 0) is 32.1 Å². The number of phosphoric acid groups is 1. The third-order valence-corrected chi connectivity index (χ3v) is 9.16. The molecule has 272 valence electrons. The highest BCUT2D eigenvalue weighted by Crippen LogP contribution is 2.43. The summed E-state index contributed by atoms with van der Waals surface area (Å²) < 4.78 is 23.4. The van der Waals surface area contributed by atoms with Crippen LogP contribution in [-0.4, -0.2) is 73.4 Å². The normalized spacial score (nSPS) is 15.0. The second-order valence-electron chi connectivity index (χ2n) is 13.9. The van der Waals surface area contributed by atoms with E-state index in [0.29, 0.717) is 17.4 Å². The maximum atomic E-state index is 12.7. The lowest BCUT2D eigenvalue weighted by molar-refractivity contribution is -0.870. The van der Waals surface area contributed by atoms with Crippen LogP contribution in [-0.2, 0) is 18.4 Å². The van der Waals surface area contributed by atoms with Gasteiger partial charge in [0.1, 0.15) is 13.2 Å². The maximum absolute atomic E-state index is 12.7. The Morgan fingerprint density at radius 1 is 0.717 bits per heavy atom. The number of hydrogen-bond acceptors (Lipinski definition) is 5. The molecule has 0 saturated carbocycles. The Balaban J connectivity index is 4.62. The lowest BCUT2D eigenvalue weighted by Crippen LogP contribution is -2.45. The molecule has 1 amide bonds. The van der Waals surface area contributed by atoms with Crippen molar-refractivity contribution in [2.75, 3.05) is 40.9 Å². The predicted octanol–water partition coefficient (Wildman–Crippen LogP) is 9.41. The van der Waals surface area contributed by atoms with Gasteiger partial charge in [-0.2, -0.15) is 0 Å². The molecule has 3 N–H and O–H groups in total. The van der Waals surface area contributed by atoms with Crippen molar-refractivity contribution < 1.29 is 32.9 Å². The first-order chi connectivity index (χ1) is 22.0. The molecule has 0 aliphatic heterocycles. The van der Waals surface area contributed by atoms with E-state index >= 15 is 0 Å². The number of allylic oxidation sites excluding steroid dienone is 3. The molecule has 0 heterocycles. The molecule has 0 aromatic heterocycles. The fraction of sp³-hybridized carbons (Fsp3) is 0.865. The zero-order chi connectivity index (χ0) is 34.4. The highest BCUT2D eigenvalue weighted by molar-refractivity contribution is 7.47. The van der Waals surface area contributed by atoms with Crippen molar-refractivity contribution >= 4 is 13.7 Å². The number of likely N-dealkylation sites (N-methyl/N-ethyl adjacent to an activating group) is 1. The quantitative estimate of drug-likeness (QED) is 0.0278. The van der Waals surface area contributed by atoms with Gasteiger partial charge < -0.3 is 19.8 Å². The van der Waals surface area contributed by atoms with Gasteiger partial charge in [-0.25, -0.2) is 4.57 Å². The Labute approximate surface area is 284 Å². The fourth-order valence-electron chi connectivity index (χ4n) is 5.11. The standard InChI is InChI=1S/C37H73N2O6P/c1-6-8-10-12-14-16-18-19-21-22-24-26-28-30-36(40)35(34-45-46(42,43)44-33-32-39(3,4)5)38-37(41)31-29-27-25-23-20-17-15-13-11-9-7-2/h21-22,28,30,35-36,40H,6-20,23-27,29,31-34H2,1-5H3,(H-,38,41,42,43)/p+1/b22-21+,30-28+/t35-,36+/m0/s1. The van der Waals surface area contributed by atoms with Crippen LogP contribution in [0.2, 0.25) is 0 Å². The van der Waals surface area contributed by atoms with E-state index in [1.54, 1.807) is 6.08 Å². The first kappa shape index (κ1) is 45.0. The molecule has 0 rings (SSSR count). The summed E-state index contributed by atoms with van der Waals surface area (Å²) >= 11 is 0. The van der Waals surface area contributed by atoms with Crippen LogP contribution in [0.4, 0.5) is 0 Å². The van der Waals surface area contributed by atoms with Crippen molar-refractivity contribution in [3.8, 4) is 0 Å². The number of nitrogens with one attached hydrogen (secondary N) is 1. The smallest absolute Gasteiger partial charge is 0.387 e. The topological polar surface area (TPSA) is 105 Å². The van der Waals surface area contributed by atoms with Crippen molar-refractivity contribution in [3.63, 3.8) is 0 Å². The monoisotopic (exact) mass is 674 g/mol. The van der Waals surface area contributed by atoms with E-state index in [1.807, 2.05) is 27.2 Å². The molecule has 0 saturated heterocycles.